The third-order valence-corrected chi connectivity index (χ3v) is 7.78. The van der Waals surface area contributed by atoms with Crippen molar-refractivity contribution in [1.29, 1.82) is 0 Å². The number of hydrogen-bond donors (Lipinski definition) is 3. The number of esters is 1. The summed E-state index contributed by atoms with van der Waals surface area (Å²) in [5, 5.41) is 15.2. The summed E-state index contributed by atoms with van der Waals surface area (Å²) < 4.78 is 11.2. The molecule has 9 nitrogen and oxygen atoms in total. The van der Waals surface area contributed by atoms with Gasteiger partial charge < -0.3 is 25.2 Å². The molecule has 0 heterocycles. The summed E-state index contributed by atoms with van der Waals surface area (Å²) in [5.41, 5.74) is 3.47. The first-order chi connectivity index (χ1) is 23.2. The van der Waals surface area contributed by atoms with Crippen molar-refractivity contribution >= 4 is 29.4 Å². The number of unbranched alkanes of at least 4 members (excludes halogenated alkanes) is 4. The zero-order chi connectivity index (χ0) is 34.3. The minimum absolute atomic E-state index is 0.192. The Labute approximate surface area is 281 Å². The number of benzene rings is 4. The average molecular weight is 651 g/mol. The predicted octanol–water partition coefficient (Wildman–Crippen LogP) is 7.55. The molecule has 9 heteroatoms. The van der Waals surface area contributed by atoms with Crippen molar-refractivity contribution in [2.45, 2.75) is 64.8 Å². The van der Waals surface area contributed by atoms with Gasteiger partial charge in [-0.15, -0.1) is 0 Å². The molecule has 0 spiro atoms. The standard InChI is InChI=1S/C39H42N2O7/c1-3-5-6-7-8-25-47-33-21-17-31(18-22-33)39(46)48-34-23-15-29(16-24-34)36(38(44)45)41-37(43)30-13-19-32(20-14-30)40-35(42)26-28-11-9-27(4-2)10-12-28/h9-24,36H,3-8,25-26H2,1-2H3,(H,40,42)(H,41,43)(H,44,45)/t36-/m0/s1. The lowest BCUT2D eigenvalue weighted by molar-refractivity contribution is -0.139. The van der Waals surface area contributed by atoms with E-state index in [1.54, 1.807) is 36.4 Å². The maximum atomic E-state index is 12.9. The van der Waals surface area contributed by atoms with Gasteiger partial charge in [-0.25, -0.2) is 9.59 Å². The molecule has 0 unspecified atom stereocenters. The summed E-state index contributed by atoms with van der Waals surface area (Å²) in [5.74, 6) is -1.71. The van der Waals surface area contributed by atoms with E-state index in [-0.39, 0.29) is 23.6 Å². The van der Waals surface area contributed by atoms with E-state index in [2.05, 4.69) is 24.5 Å². The van der Waals surface area contributed by atoms with Crippen LogP contribution in [0.5, 0.6) is 11.5 Å². The van der Waals surface area contributed by atoms with Gasteiger partial charge in [-0.3, -0.25) is 9.59 Å². The lowest BCUT2D eigenvalue weighted by Crippen LogP contribution is -2.33. The molecule has 0 bridgehead atoms. The Hall–Kier alpha value is -5.44. The van der Waals surface area contributed by atoms with Gasteiger partial charge >= 0.3 is 11.9 Å². The highest BCUT2D eigenvalue weighted by Crippen LogP contribution is 2.21. The van der Waals surface area contributed by atoms with Crippen molar-refractivity contribution in [2.75, 3.05) is 11.9 Å². The van der Waals surface area contributed by atoms with E-state index >= 15 is 0 Å². The van der Waals surface area contributed by atoms with Crippen LogP contribution in [0.3, 0.4) is 0 Å². The Kier molecular flexibility index (Phi) is 13.3. The SMILES string of the molecule is CCCCCCCOc1ccc(C(=O)Oc2ccc([C@H](NC(=O)c3ccc(NC(=O)Cc4ccc(CC)cc4)cc3)C(=O)O)cc2)cc1. The Balaban J connectivity index is 1.27. The van der Waals surface area contributed by atoms with Crippen LogP contribution >= 0.6 is 0 Å². The number of nitrogens with one attached hydrogen (secondary N) is 2. The summed E-state index contributed by atoms with van der Waals surface area (Å²) in [6.45, 7) is 4.87. The van der Waals surface area contributed by atoms with E-state index in [1.165, 1.54) is 61.2 Å². The molecular weight excluding hydrogens is 608 g/mol. The van der Waals surface area contributed by atoms with Crippen molar-refractivity contribution in [3.63, 3.8) is 0 Å². The summed E-state index contributed by atoms with van der Waals surface area (Å²) in [4.78, 5) is 50.1. The number of carboxylic acid groups (broad SMARTS) is 1. The van der Waals surface area contributed by atoms with E-state index < -0.39 is 23.9 Å². The molecule has 3 N–H and O–H groups in total. The van der Waals surface area contributed by atoms with Gasteiger partial charge in [-0.05, 0) is 90.2 Å². The van der Waals surface area contributed by atoms with E-state index in [0.717, 1.165) is 24.8 Å². The Morgan fingerprint density at radius 1 is 0.688 bits per heavy atom. The Morgan fingerprint density at radius 2 is 1.29 bits per heavy atom. The lowest BCUT2D eigenvalue weighted by Gasteiger charge is -2.16. The molecular formula is C39H42N2O7. The molecule has 0 aliphatic rings. The van der Waals surface area contributed by atoms with Gasteiger partial charge in [0.25, 0.3) is 5.91 Å². The van der Waals surface area contributed by atoms with Crippen molar-refractivity contribution in [3.8, 4) is 11.5 Å². The topological polar surface area (TPSA) is 131 Å². The lowest BCUT2D eigenvalue weighted by atomic mass is 10.1. The number of rotatable bonds is 17. The number of hydrogen-bond acceptors (Lipinski definition) is 6. The van der Waals surface area contributed by atoms with E-state index in [9.17, 15) is 24.3 Å². The van der Waals surface area contributed by atoms with Crippen LogP contribution in [-0.2, 0) is 22.4 Å². The van der Waals surface area contributed by atoms with Crippen LogP contribution in [0.25, 0.3) is 0 Å². The molecule has 4 aromatic carbocycles. The summed E-state index contributed by atoms with van der Waals surface area (Å²) >= 11 is 0. The number of carbonyl (C=O) groups excluding carboxylic acids is 3. The molecule has 0 aliphatic carbocycles. The summed E-state index contributed by atoms with van der Waals surface area (Å²) in [7, 11) is 0. The average Bonchev–Trinajstić information content (AvgIpc) is 3.09. The van der Waals surface area contributed by atoms with Crippen LogP contribution < -0.4 is 20.1 Å². The van der Waals surface area contributed by atoms with Crippen LogP contribution in [0.2, 0.25) is 0 Å². The number of aryl methyl sites for hydroxylation is 1. The maximum Gasteiger partial charge on any atom is 0.343 e. The second-order valence-corrected chi connectivity index (χ2v) is 11.5. The van der Waals surface area contributed by atoms with Gasteiger partial charge in [0.2, 0.25) is 5.91 Å². The van der Waals surface area contributed by atoms with Gasteiger partial charge in [0.05, 0.1) is 18.6 Å². The number of ether oxygens (including phenoxy) is 2. The molecule has 0 aliphatic heterocycles. The molecule has 0 saturated carbocycles. The van der Waals surface area contributed by atoms with Crippen LogP contribution in [-0.4, -0.2) is 35.5 Å². The quantitative estimate of drug-likeness (QED) is 0.0611. The molecule has 4 rings (SSSR count). The van der Waals surface area contributed by atoms with Crippen molar-refractivity contribution < 1.29 is 33.8 Å². The smallest absolute Gasteiger partial charge is 0.343 e. The van der Waals surface area contributed by atoms with Gasteiger partial charge in [-0.1, -0.05) is 75.9 Å². The van der Waals surface area contributed by atoms with Crippen molar-refractivity contribution in [2.24, 2.45) is 0 Å². The highest BCUT2D eigenvalue weighted by Gasteiger charge is 2.23. The third kappa shape index (κ3) is 10.8. The van der Waals surface area contributed by atoms with Gasteiger partial charge in [-0.2, -0.15) is 0 Å². The summed E-state index contributed by atoms with van der Waals surface area (Å²) in [6, 6.07) is 25.3. The minimum Gasteiger partial charge on any atom is -0.494 e. The first-order valence-electron chi connectivity index (χ1n) is 16.3. The fourth-order valence-corrected chi connectivity index (χ4v) is 4.97. The fraction of sp³-hybridized carbons (Fsp3) is 0.282. The van der Waals surface area contributed by atoms with E-state index in [4.69, 9.17) is 9.47 Å². The Morgan fingerprint density at radius 3 is 1.92 bits per heavy atom. The molecule has 0 fully saturated rings. The van der Waals surface area contributed by atoms with Crippen LogP contribution in [0, 0.1) is 0 Å². The van der Waals surface area contributed by atoms with Crippen LogP contribution in [0.1, 0.15) is 89.4 Å². The molecule has 2 amide bonds. The summed E-state index contributed by atoms with van der Waals surface area (Å²) in [6.07, 6.45) is 6.87. The first-order valence-corrected chi connectivity index (χ1v) is 16.3. The minimum atomic E-state index is -1.35. The molecule has 0 saturated heterocycles. The number of anilines is 1. The number of carboxylic acids is 1. The second kappa shape index (κ2) is 18.0. The highest BCUT2D eigenvalue weighted by molar-refractivity contribution is 5.98. The normalized spacial score (nSPS) is 11.3. The number of carbonyl (C=O) groups is 4. The van der Waals surface area contributed by atoms with Gasteiger partial charge in [0.15, 0.2) is 6.04 Å². The molecule has 0 aromatic heterocycles. The molecule has 48 heavy (non-hydrogen) atoms. The third-order valence-electron chi connectivity index (χ3n) is 7.78. The molecule has 250 valence electrons. The highest BCUT2D eigenvalue weighted by atomic mass is 16.5. The van der Waals surface area contributed by atoms with Gasteiger partial charge in [0.1, 0.15) is 11.5 Å². The van der Waals surface area contributed by atoms with E-state index in [1.807, 2.05) is 24.3 Å². The second-order valence-electron chi connectivity index (χ2n) is 11.5. The van der Waals surface area contributed by atoms with Crippen molar-refractivity contribution in [1.82, 2.24) is 5.32 Å². The Bertz CT molecular complexity index is 1650. The van der Waals surface area contributed by atoms with E-state index in [0.29, 0.717) is 29.2 Å². The number of aliphatic carboxylic acids is 1. The first kappa shape index (κ1) is 35.4. The molecule has 4 aromatic rings. The van der Waals surface area contributed by atoms with Crippen molar-refractivity contribution in [3.05, 3.63) is 125 Å². The fourth-order valence-electron chi connectivity index (χ4n) is 4.97. The zero-order valence-electron chi connectivity index (χ0n) is 27.4. The largest absolute Gasteiger partial charge is 0.494 e. The predicted molar refractivity (Wildman–Crippen MR) is 185 cm³/mol. The zero-order valence-corrected chi connectivity index (χ0v) is 27.4. The van der Waals surface area contributed by atoms with Crippen LogP contribution in [0.15, 0.2) is 97.1 Å². The molecule has 0 radical (unpaired) electrons. The maximum absolute atomic E-state index is 12.9. The van der Waals surface area contributed by atoms with Gasteiger partial charge in [0, 0.05) is 11.3 Å². The monoisotopic (exact) mass is 650 g/mol. The van der Waals surface area contributed by atoms with Crippen LogP contribution in [0.4, 0.5) is 5.69 Å². The number of amides is 2. The molecule has 1 atom stereocenters.